The topological polar surface area (TPSA) is 442 Å². The minimum Gasteiger partial charge on any atom is -0.449 e. The Balaban J connectivity index is 1.83. The summed E-state index contributed by atoms with van der Waals surface area (Å²) in [6.45, 7) is 29.0. The predicted molar refractivity (Wildman–Crippen MR) is 407 cm³/mol. The lowest BCUT2D eigenvalue weighted by Crippen LogP contribution is -2.54. The first-order chi connectivity index (χ1) is 54.9. The molecular weight excluding hydrogens is 1480 g/mol. The van der Waals surface area contributed by atoms with Crippen LogP contribution in [0.1, 0.15) is 44.2 Å². The third kappa shape index (κ3) is 71.1. The molecule has 2 atom stereocenters. The normalized spacial score (nSPS) is 11.9. The first-order valence-corrected chi connectivity index (χ1v) is 38.4. The second-order valence-corrected chi connectivity index (χ2v) is 24.0. The van der Waals surface area contributed by atoms with E-state index in [4.69, 9.17) is 130 Å². The SMILES string of the molecule is [CH2]c1ccc(NC(=O)[C@H](CCCNC(N)=O)NC(=O)[C@@H](NC(=O)OCCN=[N+]=[N-])C(C)C)cc1CN(C)C(=O)CCOCCOCCOCCOCCOCCOCCOCCOCCOCCOCCOCCOCCOCCOCCOCCOCCOCCOCCOCCOCCOCCOCCOCCOC. The second kappa shape index (κ2) is 82.1. The molecule has 0 saturated heterocycles. The summed E-state index contributed by atoms with van der Waals surface area (Å²) < 4.78 is 137. The highest BCUT2D eigenvalue weighted by atomic mass is 16.6. The molecule has 1 radical (unpaired) electrons. The number of nitrogens with zero attached hydrogens (tertiary/aromatic N) is 4. The van der Waals surface area contributed by atoms with Crippen LogP contribution in [0.4, 0.5) is 15.3 Å². The molecule has 651 valence electrons. The van der Waals surface area contributed by atoms with Crippen molar-refractivity contribution in [2.75, 3.05) is 350 Å². The number of urea groups is 1. The van der Waals surface area contributed by atoms with Gasteiger partial charge in [0.25, 0.3) is 0 Å². The predicted octanol–water partition coefficient (Wildman–Crippen LogP) is 2.18. The summed E-state index contributed by atoms with van der Waals surface area (Å²) in [5, 5.41) is 13.7. The van der Waals surface area contributed by atoms with Gasteiger partial charge in [-0.25, -0.2) is 9.59 Å². The van der Waals surface area contributed by atoms with Crippen LogP contribution in [0.5, 0.6) is 0 Å². The van der Waals surface area contributed by atoms with Crippen molar-refractivity contribution in [3.8, 4) is 0 Å². The van der Waals surface area contributed by atoms with Crippen LogP contribution in [-0.2, 0) is 139 Å². The van der Waals surface area contributed by atoms with Gasteiger partial charge in [0.2, 0.25) is 17.7 Å². The maximum absolute atomic E-state index is 13.7. The Morgan fingerprint density at radius 2 is 0.750 bits per heavy atom. The number of nitrogens with one attached hydrogen (secondary N) is 4. The maximum Gasteiger partial charge on any atom is 0.407 e. The number of rotatable bonds is 87. The molecule has 1 aromatic rings. The second-order valence-electron chi connectivity index (χ2n) is 24.0. The van der Waals surface area contributed by atoms with Gasteiger partial charge in [-0.15, -0.1) is 0 Å². The Kier molecular flexibility index (Phi) is 76.6. The van der Waals surface area contributed by atoms with E-state index in [0.717, 1.165) is 0 Å². The number of carbonyl (C=O) groups excluding carboxylic acids is 5. The fourth-order valence-electron chi connectivity index (χ4n) is 8.83. The van der Waals surface area contributed by atoms with Crippen molar-refractivity contribution in [1.82, 2.24) is 20.9 Å². The molecule has 1 rings (SSSR count). The van der Waals surface area contributed by atoms with Crippen LogP contribution in [0, 0.1) is 12.8 Å². The molecule has 0 fully saturated rings. The highest BCUT2D eigenvalue weighted by molar-refractivity contribution is 5.98. The van der Waals surface area contributed by atoms with Crippen molar-refractivity contribution in [2.24, 2.45) is 16.8 Å². The highest BCUT2D eigenvalue weighted by Gasteiger charge is 2.30. The Morgan fingerprint density at radius 3 is 1.04 bits per heavy atom. The molecule has 0 aliphatic carbocycles. The number of benzene rings is 1. The monoisotopic (exact) mass is 1620 g/mol. The smallest absolute Gasteiger partial charge is 0.407 e. The van der Waals surface area contributed by atoms with Crippen molar-refractivity contribution in [2.45, 2.75) is 51.7 Å². The van der Waals surface area contributed by atoms with Crippen molar-refractivity contribution in [1.29, 1.82) is 0 Å². The fraction of sp³-hybridized carbons (Fsp3) is 0.836. The number of nitrogens with two attached hydrogens (primary N) is 1. The fourth-order valence-corrected chi connectivity index (χ4v) is 8.83. The zero-order valence-corrected chi connectivity index (χ0v) is 67.0. The molecule has 112 heavy (non-hydrogen) atoms. The molecule has 0 heterocycles. The molecule has 0 aliphatic heterocycles. The Labute approximate surface area is 661 Å². The van der Waals surface area contributed by atoms with Crippen LogP contribution in [0.15, 0.2) is 23.3 Å². The van der Waals surface area contributed by atoms with Gasteiger partial charge in [0.15, 0.2) is 0 Å². The summed E-state index contributed by atoms with van der Waals surface area (Å²) in [5.74, 6) is -1.81. The van der Waals surface area contributed by atoms with E-state index in [2.05, 4.69) is 38.2 Å². The van der Waals surface area contributed by atoms with Crippen LogP contribution < -0.4 is 27.0 Å². The number of anilines is 1. The van der Waals surface area contributed by atoms with Gasteiger partial charge < -0.3 is 150 Å². The average Bonchev–Trinajstić information content (AvgIpc) is 0.841. The van der Waals surface area contributed by atoms with Crippen LogP contribution in [0.25, 0.3) is 10.4 Å². The minimum atomic E-state index is -1.10. The number of hydrogen-bond donors (Lipinski definition) is 5. The molecule has 39 heteroatoms. The van der Waals surface area contributed by atoms with Crippen molar-refractivity contribution in [3.63, 3.8) is 0 Å². The number of primary amides is 1. The average molecular weight is 1620 g/mol. The van der Waals surface area contributed by atoms with E-state index in [1.165, 1.54) is 4.90 Å². The van der Waals surface area contributed by atoms with Crippen LogP contribution in [0.3, 0.4) is 0 Å². The standard InChI is InChI=1S/C73H134N9O30/c1-63(2)69(80-73(87)112-14-12-77-81-75)71(85)79-67(7-6-11-76-72(74)86)70(84)78-66-9-8-64(3)65(61-66)62-82(4)68(83)10-13-89-17-18-91-21-22-93-25-26-95-29-30-97-33-34-99-37-38-101-41-42-103-45-46-105-49-50-107-53-54-109-57-58-111-60-59-110-56-55-108-52-51-106-48-47-104-44-43-102-40-39-100-36-35-98-32-31-96-28-27-94-24-23-92-20-19-90-16-15-88-5/h8-9,61,63,67,69H,3,6-7,10-60,62H2,1-2,4-5H3,(H,78,84)(H,79,85)(H,80,87)(H3,74,76,86)/t67-,69-/m0/s1. The number of azide groups is 1. The van der Waals surface area contributed by atoms with Crippen molar-refractivity contribution in [3.05, 3.63) is 46.7 Å². The summed E-state index contributed by atoms with van der Waals surface area (Å²) in [6.07, 6.45) is -0.415. The van der Waals surface area contributed by atoms with E-state index >= 15 is 0 Å². The molecule has 0 unspecified atom stereocenters. The number of hydrogen-bond acceptors (Lipinski definition) is 31. The van der Waals surface area contributed by atoms with Crippen LogP contribution in [0.2, 0.25) is 0 Å². The lowest BCUT2D eigenvalue weighted by molar-refractivity contribution is -0.131. The molecule has 0 saturated carbocycles. The Morgan fingerprint density at radius 1 is 0.446 bits per heavy atom. The largest absolute Gasteiger partial charge is 0.449 e. The van der Waals surface area contributed by atoms with Gasteiger partial charge in [-0.05, 0) is 54.5 Å². The molecule has 0 aromatic heterocycles. The van der Waals surface area contributed by atoms with Gasteiger partial charge in [-0.3, -0.25) is 14.4 Å². The molecule has 0 spiro atoms. The molecular formula is C73H134N9O30. The number of alkyl carbamates (subject to hydrolysis) is 1. The van der Waals surface area contributed by atoms with Gasteiger partial charge in [0.05, 0.1) is 330 Å². The first kappa shape index (κ1) is 105. The van der Waals surface area contributed by atoms with Crippen LogP contribution >= 0.6 is 0 Å². The molecule has 1 aromatic carbocycles. The summed E-state index contributed by atoms with van der Waals surface area (Å²) in [6, 6.07) is 2.09. The molecule has 6 amide bonds. The summed E-state index contributed by atoms with van der Waals surface area (Å²) in [5.41, 5.74) is 15.3. The van der Waals surface area contributed by atoms with Gasteiger partial charge in [0.1, 0.15) is 12.1 Å². The highest BCUT2D eigenvalue weighted by Crippen LogP contribution is 2.19. The van der Waals surface area contributed by atoms with Crippen molar-refractivity contribution >= 4 is 35.5 Å². The van der Waals surface area contributed by atoms with E-state index in [1.807, 2.05) is 0 Å². The van der Waals surface area contributed by atoms with E-state index in [1.54, 1.807) is 46.2 Å². The summed E-state index contributed by atoms with van der Waals surface area (Å²) in [4.78, 5) is 67.8. The third-order valence-corrected chi connectivity index (χ3v) is 14.7. The minimum absolute atomic E-state index is 0.0907. The van der Waals surface area contributed by atoms with Gasteiger partial charge in [-0.2, -0.15) is 0 Å². The van der Waals surface area contributed by atoms with Gasteiger partial charge >= 0.3 is 12.1 Å². The summed E-state index contributed by atoms with van der Waals surface area (Å²) in [7, 11) is 3.29. The molecule has 39 nitrogen and oxygen atoms in total. The lowest BCUT2D eigenvalue weighted by atomic mass is 10.0. The molecule has 0 bridgehead atoms. The third-order valence-electron chi connectivity index (χ3n) is 14.7. The van der Waals surface area contributed by atoms with E-state index in [-0.39, 0.29) is 64.6 Å². The van der Waals surface area contributed by atoms with E-state index in [0.29, 0.717) is 314 Å². The van der Waals surface area contributed by atoms with Crippen LogP contribution in [-0.4, -0.2) is 391 Å². The van der Waals surface area contributed by atoms with E-state index in [9.17, 15) is 24.0 Å². The van der Waals surface area contributed by atoms with Crippen molar-refractivity contribution < 1.29 is 142 Å². The number of carbonyl (C=O) groups is 5. The number of ether oxygens (including phenoxy) is 25. The Bertz CT molecular complexity index is 2390. The first-order valence-electron chi connectivity index (χ1n) is 38.4. The number of methoxy groups -OCH3 is 1. The van der Waals surface area contributed by atoms with E-state index < -0.39 is 41.9 Å². The lowest BCUT2D eigenvalue weighted by Gasteiger charge is -2.25. The maximum atomic E-state index is 13.7. The zero-order valence-electron chi connectivity index (χ0n) is 67.0. The zero-order chi connectivity index (χ0) is 81.2. The number of amides is 6. The van der Waals surface area contributed by atoms with Gasteiger partial charge in [-0.1, -0.05) is 25.0 Å². The summed E-state index contributed by atoms with van der Waals surface area (Å²) >= 11 is 0. The molecule has 0 aliphatic rings. The Hall–Kier alpha value is -5.48. The van der Waals surface area contributed by atoms with Gasteiger partial charge in [0, 0.05) is 37.8 Å². The quantitative estimate of drug-likeness (QED) is 0.0270. The molecule has 6 N–H and O–H groups in total.